The third-order valence-electron chi connectivity index (χ3n) is 9.21. The van der Waals surface area contributed by atoms with Gasteiger partial charge in [0, 0.05) is 37.6 Å². The highest BCUT2D eigenvalue weighted by molar-refractivity contribution is 6.06. The van der Waals surface area contributed by atoms with Crippen LogP contribution in [-0.2, 0) is 11.3 Å². The first-order chi connectivity index (χ1) is 19.0. The fraction of sp³-hybridized carbons (Fsp3) is 0.533. The minimum Gasteiger partial charge on any atom is -0.381 e. The van der Waals surface area contributed by atoms with E-state index >= 15 is 0 Å². The molecule has 6 rings (SSSR count). The van der Waals surface area contributed by atoms with E-state index in [4.69, 9.17) is 0 Å². The molecule has 3 aromatic rings. The number of nitrogens with one attached hydrogen (secondary N) is 2. The molecule has 9 nitrogen and oxygen atoms in total. The second-order valence-corrected chi connectivity index (χ2v) is 11.3. The monoisotopic (exact) mass is 529 g/mol. The van der Waals surface area contributed by atoms with Gasteiger partial charge in [0.25, 0.3) is 5.91 Å². The van der Waals surface area contributed by atoms with E-state index in [1.807, 2.05) is 53.0 Å². The van der Waals surface area contributed by atoms with Crippen LogP contribution in [0.5, 0.6) is 0 Å². The number of hydrogen-bond donors (Lipinski definition) is 2. The van der Waals surface area contributed by atoms with Crippen molar-refractivity contribution in [2.75, 3.05) is 30.0 Å². The zero-order chi connectivity index (χ0) is 27.0. The molecule has 1 saturated carbocycles. The highest BCUT2D eigenvalue weighted by Crippen LogP contribution is 2.38. The molecule has 1 aliphatic carbocycles. The lowest BCUT2D eigenvalue weighted by Crippen LogP contribution is -2.57. The molecule has 1 aromatic carbocycles. The number of likely N-dealkylation sites (tertiary alicyclic amines) is 1. The molecule has 0 unspecified atom stereocenters. The number of aryl methyl sites for hydroxylation is 1. The molecule has 2 aliphatic heterocycles. The van der Waals surface area contributed by atoms with Crippen molar-refractivity contribution in [2.24, 2.45) is 5.92 Å². The summed E-state index contributed by atoms with van der Waals surface area (Å²) in [6, 6.07) is 10.3. The van der Waals surface area contributed by atoms with Crippen molar-refractivity contribution in [3.8, 4) is 0 Å². The van der Waals surface area contributed by atoms with Crippen molar-refractivity contribution < 1.29 is 9.59 Å². The summed E-state index contributed by atoms with van der Waals surface area (Å²) in [6.07, 6.45) is 11.0. The Morgan fingerprint density at radius 3 is 2.59 bits per heavy atom. The molecule has 0 radical (unpaired) electrons. The zero-order valence-electron chi connectivity index (χ0n) is 23.0. The number of carbonyl (C=O) groups excluding carboxylic acids is 2. The fourth-order valence-electron chi connectivity index (χ4n) is 6.84. The Hall–Kier alpha value is -3.62. The Morgan fingerprint density at radius 2 is 1.87 bits per heavy atom. The third kappa shape index (κ3) is 4.51. The predicted octanol–water partition coefficient (Wildman–Crippen LogP) is 4.40. The number of carbonyl (C=O) groups is 2. The van der Waals surface area contributed by atoms with Crippen LogP contribution in [0.4, 0.5) is 11.4 Å². The minimum absolute atomic E-state index is 0.0356. The van der Waals surface area contributed by atoms with Gasteiger partial charge in [-0.05, 0) is 57.6 Å². The lowest BCUT2D eigenvalue weighted by molar-refractivity contribution is -0.124. The van der Waals surface area contributed by atoms with Gasteiger partial charge in [-0.15, -0.1) is 0 Å². The Morgan fingerprint density at radius 1 is 1.13 bits per heavy atom. The van der Waals surface area contributed by atoms with Crippen LogP contribution < -0.4 is 15.5 Å². The van der Waals surface area contributed by atoms with Crippen LogP contribution in [0.15, 0.2) is 42.7 Å². The molecule has 206 valence electrons. The summed E-state index contributed by atoms with van der Waals surface area (Å²) < 4.78 is 1.88. The Balaban J connectivity index is 1.26. The van der Waals surface area contributed by atoms with E-state index in [2.05, 4.69) is 32.5 Å². The number of amides is 2. The number of fused-ring (bicyclic) bond motifs is 1. The van der Waals surface area contributed by atoms with Gasteiger partial charge in [0.1, 0.15) is 5.54 Å². The quantitative estimate of drug-likeness (QED) is 0.492. The summed E-state index contributed by atoms with van der Waals surface area (Å²) in [5.41, 5.74) is 2.63. The van der Waals surface area contributed by atoms with E-state index in [1.165, 1.54) is 32.1 Å². The maximum Gasteiger partial charge on any atom is 0.257 e. The van der Waals surface area contributed by atoms with E-state index in [-0.39, 0.29) is 17.9 Å². The van der Waals surface area contributed by atoms with Crippen molar-refractivity contribution in [2.45, 2.75) is 76.9 Å². The summed E-state index contributed by atoms with van der Waals surface area (Å²) in [5.74, 6) is 0.606. The second-order valence-electron chi connectivity index (χ2n) is 11.3. The molecule has 39 heavy (non-hydrogen) atoms. The number of para-hydroxylation sites is 1. The molecule has 2 N–H and O–H groups in total. The molecule has 3 aliphatic rings. The number of pyridine rings is 1. The number of rotatable bonds is 6. The predicted molar refractivity (Wildman–Crippen MR) is 153 cm³/mol. The number of hydrogen-bond acceptors (Lipinski definition) is 6. The normalized spacial score (nSPS) is 20.4. The maximum absolute atomic E-state index is 14.0. The highest BCUT2D eigenvalue weighted by Gasteiger charge is 2.51. The van der Waals surface area contributed by atoms with Crippen LogP contribution >= 0.6 is 0 Å². The Labute approximate surface area is 229 Å². The Kier molecular flexibility index (Phi) is 6.91. The van der Waals surface area contributed by atoms with Gasteiger partial charge in [-0.3, -0.25) is 9.59 Å². The van der Waals surface area contributed by atoms with Crippen molar-refractivity contribution >= 4 is 34.2 Å². The second kappa shape index (κ2) is 10.5. The SMILES string of the molecule is CCn1ncc2c(N[C@H](C)C3CCCCC3)c(C(=O)N3CCC4(CC3)C(=O)NCN4c3ccccc3)cnc21. The van der Waals surface area contributed by atoms with Gasteiger partial charge in [0.15, 0.2) is 5.65 Å². The first-order valence-corrected chi connectivity index (χ1v) is 14.5. The number of benzene rings is 1. The van der Waals surface area contributed by atoms with Crippen molar-refractivity contribution in [3.05, 3.63) is 48.3 Å². The number of aromatic nitrogens is 3. The van der Waals surface area contributed by atoms with Gasteiger partial charge < -0.3 is 20.4 Å². The van der Waals surface area contributed by atoms with E-state index < -0.39 is 5.54 Å². The number of anilines is 2. The van der Waals surface area contributed by atoms with E-state index in [9.17, 15) is 9.59 Å². The molecular weight excluding hydrogens is 490 g/mol. The molecule has 1 atom stereocenters. The van der Waals surface area contributed by atoms with Crippen LogP contribution in [0, 0.1) is 5.92 Å². The van der Waals surface area contributed by atoms with Crippen LogP contribution in [0.1, 0.15) is 69.2 Å². The van der Waals surface area contributed by atoms with Gasteiger partial charge >= 0.3 is 0 Å². The zero-order valence-corrected chi connectivity index (χ0v) is 23.0. The molecule has 2 saturated heterocycles. The summed E-state index contributed by atoms with van der Waals surface area (Å²) in [6.45, 7) is 6.52. The average Bonchev–Trinajstić information content (AvgIpc) is 3.55. The van der Waals surface area contributed by atoms with E-state index in [0.29, 0.717) is 44.1 Å². The fourth-order valence-corrected chi connectivity index (χ4v) is 6.84. The van der Waals surface area contributed by atoms with Crippen LogP contribution in [0.2, 0.25) is 0 Å². The van der Waals surface area contributed by atoms with Gasteiger partial charge in [0.05, 0.1) is 29.5 Å². The molecule has 2 aromatic heterocycles. The molecule has 9 heteroatoms. The topological polar surface area (TPSA) is 95.4 Å². The number of piperidine rings is 1. The Bertz CT molecular complexity index is 1340. The average molecular weight is 530 g/mol. The molecule has 2 amide bonds. The summed E-state index contributed by atoms with van der Waals surface area (Å²) in [7, 11) is 0. The lowest BCUT2D eigenvalue weighted by Gasteiger charge is -2.43. The molecule has 3 fully saturated rings. The van der Waals surface area contributed by atoms with E-state index in [1.54, 1.807) is 6.20 Å². The standard InChI is InChI=1S/C30H39N7O2/c1-3-37-27-24(19-33-37)26(34-21(2)22-10-6-4-7-11-22)25(18-31-27)28(38)35-16-14-30(15-17-35)29(39)32-20-36(30)23-12-8-5-9-13-23/h5,8-9,12-13,18-19,21-22H,3-4,6-7,10-11,14-17,20H2,1-2H3,(H,31,34)(H,32,39)/t21-/m1/s1. The summed E-state index contributed by atoms with van der Waals surface area (Å²) in [4.78, 5) is 35.9. The largest absolute Gasteiger partial charge is 0.381 e. The summed E-state index contributed by atoms with van der Waals surface area (Å²) in [5, 5.41) is 12.2. The van der Waals surface area contributed by atoms with Gasteiger partial charge in [-0.2, -0.15) is 5.10 Å². The van der Waals surface area contributed by atoms with Gasteiger partial charge in [0.2, 0.25) is 5.91 Å². The maximum atomic E-state index is 14.0. The molecule has 0 bridgehead atoms. The van der Waals surface area contributed by atoms with Crippen molar-refractivity contribution in [3.63, 3.8) is 0 Å². The lowest BCUT2D eigenvalue weighted by atomic mass is 9.84. The molecule has 4 heterocycles. The van der Waals surface area contributed by atoms with E-state index in [0.717, 1.165) is 29.0 Å². The minimum atomic E-state index is -0.626. The van der Waals surface area contributed by atoms with Crippen molar-refractivity contribution in [1.82, 2.24) is 25.0 Å². The first-order valence-electron chi connectivity index (χ1n) is 14.5. The van der Waals surface area contributed by atoms with Crippen LogP contribution in [0.25, 0.3) is 11.0 Å². The van der Waals surface area contributed by atoms with Crippen LogP contribution in [-0.4, -0.2) is 62.8 Å². The molecular formula is C30H39N7O2. The first kappa shape index (κ1) is 25.6. The number of nitrogens with zero attached hydrogens (tertiary/aromatic N) is 5. The highest BCUT2D eigenvalue weighted by atomic mass is 16.2. The van der Waals surface area contributed by atoms with Crippen molar-refractivity contribution in [1.29, 1.82) is 0 Å². The van der Waals surface area contributed by atoms with Gasteiger partial charge in [-0.25, -0.2) is 9.67 Å². The third-order valence-corrected chi connectivity index (χ3v) is 9.21. The smallest absolute Gasteiger partial charge is 0.257 e. The molecule has 1 spiro atoms. The summed E-state index contributed by atoms with van der Waals surface area (Å²) >= 11 is 0. The van der Waals surface area contributed by atoms with Gasteiger partial charge in [-0.1, -0.05) is 37.5 Å². The van der Waals surface area contributed by atoms with Crippen LogP contribution in [0.3, 0.4) is 0 Å².